The molecule has 1 fully saturated rings. The summed E-state index contributed by atoms with van der Waals surface area (Å²) >= 11 is 0. The van der Waals surface area contributed by atoms with Gasteiger partial charge in [-0.15, -0.1) is 0 Å². The van der Waals surface area contributed by atoms with Crippen LogP contribution in [0.1, 0.15) is 66.5 Å². The average Bonchev–Trinajstić information content (AvgIpc) is 3.68. The number of aryl methyl sites for hydroxylation is 1. The highest BCUT2D eigenvalue weighted by Gasteiger charge is 2.35. The van der Waals surface area contributed by atoms with Gasteiger partial charge in [0.05, 0.1) is 17.9 Å². The molecule has 0 amide bonds. The minimum Gasteiger partial charge on any atom is -0.478 e. The zero-order valence-electron chi connectivity index (χ0n) is 22.2. The van der Waals surface area contributed by atoms with Crippen molar-refractivity contribution in [1.29, 1.82) is 0 Å². The maximum Gasteiger partial charge on any atom is 0.328 e. The SMILES string of the molecule is CCn1cc(-c2ccc3c(c2)CC(C)N(c2ccc(C4CC4)cc2F)C3c2ccc(/C=C/C(=O)O)cc2)cn1. The van der Waals surface area contributed by atoms with E-state index in [-0.39, 0.29) is 17.9 Å². The van der Waals surface area contributed by atoms with Crippen LogP contribution in [0.5, 0.6) is 0 Å². The number of benzene rings is 3. The molecular formula is C33H32FN3O2. The number of carbonyl (C=O) groups is 1. The molecule has 2 unspecified atom stereocenters. The Balaban J connectivity index is 1.44. The van der Waals surface area contributed by atoms with E-state index < -0.39 is 5.97 Å². The quantitative estimate of drug-likeness (QED) is 0.261. The molecule has 2 aliphatic rings. The molecule has 1 N–H and O–H groups in total. The fraction of sp³-hybridized carbons (Fsp3) is 0.273. The van der Waals surface area contributed by atoms with Crippen molar-refractivity contribution >= 4 is 17.7 Å². The molecule has 0 radical (unpaired) electrons. The standard InChI is InChI=1S/C33H32FN3O2/c1-3-36-20-28(19-35-36)25-11-13-29-27(17-25)16-21(2)37(31-14-12-26(18-30(31)34)23-9-10-23)33(29)24-7-4-22(5-8-24)6-15-32(38)39/h4-8,11-15,17-21,23,33H,3,9-10,16H2,1-2H3,(H,38,39)/b15-6+. The minimum atomic E-state index is -0.981. The number of rotatable bonds is 7. The molecule has 1 saturated carbocycles. The van der Waals surface area contributed by atoms with Gasteiger partial charge in [-0.2, -0.15) is 5.10 Å². The van der Waals surface area contributed by atoms with Crippen LogP contribution >= 0.6 is 0 Å². The fourth-order valence-electron chi connectivity index (χ4n) is 5.81. The Bertz CT molecular complexity index is 1550. The molecule has 39 heavy (non-hydrogen) atoms. The molecule has 6 rings (SSSR count). The van der Waals surface area contributed by atoms with Crippen LogP contribution in [0.2, 0.25) is 0 Å². The Morgan fingerprint density at radius 3 is 2.49 bits per heavy atom. The largest absolute Gasteiger partial charge is 0.478 e. The van der Waals surface area contributed by atoms with E-state index in [1.165, 1.54) is 5.56 Å². The van der Waals surface area contributed by atoms with Gasteiger partial charge >= 0.3 is 5.97 Å². The van der Waals surface area contributed by atoms with E-state index in [2.05, 4.69) is 54.3 Å². The molecule has 2 heterocycles. The number of fused-ring (bicyclic) bond motifs is 1. The monoisotopic (exact) mass is 521 g/mol. The Morgan fingerprint density at radius 2 is 1.82 bits per heavy atom. The predicted octanol–water partition coefficient (Wildman–Crippen LogP) is 7.22. The first kappa shape index (κ1) is 25.1. The maximum atomic E-state index is 15.7. The predicted molar refractivity (Wildman–Crippen MR) is 152 cm³/mol. The van der Waals surface area contributed by atoms with E-state index in [1.807, 2.05) is 41.2 Å². The molecular weight excluding hydrogens is 489 g/mol. The number of halogens is 1. The Kier molecular flexibility index (Phi) is 6.55. The normalized spacial score (nSPS) is 18.9. The first-order chi connectivity index (χ1) is 18.9. The second-order valence-electron chi connectivity index (χ2n) is 10.7. The van der Waals surface area contributed by atoms with Crippen LogP contribution in [-0.2, 0) is 17.8 Å². The summed E-state index contributed by atoms with van der Waals surface area (Å²) in [4.78, 5) is 13.2. The highest BCUT2D eigenvalue weighted by molar-refractivity contribution is 5.85. The summed E-state index contributed by atoms with van der Waals surface area (Å²) < 4.78 is 17.6. The molecule has 1 aromatic heterocycles. The van der Waals surface area contributed by atoms with E-state index in [4.69, 9.17) is 5.11 Å². The average molecular weight is 522 g/mol. The molecule has 4 aromatic rings. The van der Waals surface area contributed by atoms with Gasteiger partial charge in [-0.05, 0) is 90.6 Å². The summed E-state index contributed by atoms with van der Waals surface area (Å²) in [5.41, 5.74) is 8.15. The molecule has 1 aliphatic heterocycles. The van der Waals surface area contributed by atoms with Crippen LogP contribution < -0.4 is 4.90 Å². The van der Waals surface area contributed by atoms with Gasteiger partial charge in [-0.3, -0.25) is 4.68 Å². The number of anilines is 1. The molecule has 0 saturated heterocycles. The third-order valence-corrected chi connectivity index (χ3v) is 7.97. The van der Waals surface area contributed by atoms with Crippen molar-refractivity contribution in [3.8, 4) is 11.1 Å². The van der Waals surface area contributed by atoms with Gasteiger partial charge in [0, 0.05) is 30.4 Å². The lowest BCUT2D eigenvalue weighted by Crippen LogP contribution is -2.43. The van der Waals surface area contributed by atoms with Gasteiger partial charge in [0.2, 0.25) is 0 Å². The maximum absolute atomic E-state index is 15.7. The Morgan fingerprint density at radius 1 is 1.05 bits per heavy atom. The first-order valence-electron chi connectivity index (χ1n) is 13.7. The summed E-state index contributed by atoms with van der Waals surface area (Å²) in [6.07, 6.45) is 9.76. The van der Waals surface area contributed by atoms with Crippen molar-refractivity contribution in [1.82, 2.24) is 9.78 Å². The van der Waals surface area contributed by atoms with Gasteiger partial charge in [-0.25, -0.2) is 9.18 Å². The van der Waals surface area contributed by atoms with E-state index in [0.717, 1.165) is 65.3 Å². The molecule has 5 nitrogen and oxygen atoms in total. The van der Waals surface area contributed by atoms with E-state index in [1.54, 1.807) is 12.1 Å². The second kappa shape index (κ2) is 10.2. The van der Waals surface area contributed by atoms with Gasteiger partial charge in [0.25, 0.3) is 0 Å². The number of carboxylic acid groups (broad SMARTS) is 1. The lowest BCUT2D eigenvalue weighted by molar-refractivity contribution is -0.131. The van der Waals surface area contributed by atoms with Crippen molar-refractivity contribution in [2.45, 2.75) is 57.7 Å². The van der Waals surface area contributed by atoms with E-state index in [9.17, 15) is 4.79 Å². The Hall–Kier alpha value is -4.19. The van der Waals surface area contributed by atoms with Crippen molar-refractivity contribution < 1.29 is 14.3 Å². The van der Waals surface area contributed by atoms with Crippen molar-refractivity contribution in [3.05, 3.63) is 113 Å². The van der Waals surface area contributed by atoms with Crippen LogP contribution in [0.3, 0.4) is 0 Å². The lowest BCUT2D eigenvalue weighted by Gasteiger charge is -2.44. The minimum absolute atomic E-state index is 0.0592. The topological polar surface area (TPSA) is 58.4 Å². The van der Waals surface area contributed by atoms with E-state index in [0.29, 0.717) is 11.6 Å². The first-order valence-corrected chi connectivity index (χ1v) is 13.7. The smallest absolute Gasteiger partial charge is 0.328 e. The van der Waals surface area contributed by atoms with Gasteiger partial charge < -0.3 is 10.0 Å². The van der Waals surface area contributed by atoms with Crippen LogP contribution in [0, 0.1) is 5.82 Å². The molecule has 6 heteroatoms. The summed E-state index contributed by atoms with van der Waals surface area (Å²) in [6.45, 7) is 5.06. The third kappa shape index (κ3) is 4.99. The van der Waals surface area contributed by atoms with Crippen LogP contribution in [0.15, 0.2) is 79.1 Å². The summed E-state index contributed by atoms with van der Waals surface area (Å²) in [7, 11) is 0. The molecule has 0 bridgehead atoms. The van der Waals surface area contributed by atoms with Gasteiger partial charge in [-0.1, -0.05) is 48.5 Å². The van der Waals surface area contributed by atoms with E-state index >= 15 is 4.39 Å². The second-order valence-corrected chi connectivity index (χ2v) is 10.7. The molecule has 198 valence electrons. The van der Waals surface area contributed by atoms with Gasteiger partial charge in [0.15, 0.2) is 0 Å². The number of nitrogens with zero attached hydrogens (tertiary/aromatic N) is 3. The number of carboxylic acids is 1. The molecule has 2 atom stereocenters. The van der Waals surface area contributed by atoms with Crippen LogP contribution in [-0.4, -0.2) is 26.9 Å². The summed E-state index contributed by atoms with van der Waals surface area (Å²) in [5, 5.41) is 13.4. The number of aliphatic carboxylic acids is 1. The molecule has 3 aromatic carbocycles. The zero-order valence-corrected chi connectivity index (χ0v) is 22.2. The highest BCUT2D eigenvalue weighted by atomic mass is 19.1. The molecule has 1 aliphatic carbocycles. The highest BCUT2D eigenvalue weighted by Crippen LogP contribution is 2.45. The number of hydrogen-bond donors (Lipinski definition) is 1. The summed E-state index contributed by atoms with van der Waals surface area (Å²) in [6, 6.07) is 20.1. The van der Waals surface area contributed by atoms with Crippen molar-refractivity contribution in [2.75, 3.05) is 4.90 Å². The Labute approximate surface area is 228 Å². The lowest BCUT2D eigenvalue weighted by atomic mass is 9.83. The number of hydrogen-bond acceptors (Lipinski definition) is 3. The van der Waals surface area contributed by atoms with Gasteiger partial charge in [0.1, 0.15) is 5.82 Å². The van der Waals surface area contributed by atoms with Crippen molar-refractivity contribution in [2.24, 2.45) is 0 Å². The zero-order chi connectivity index (χ0) is 27.1. The van der Waals surface area contributed by atoms with Crippen molar-refractivity contribution in [3.63, 3.8) is 0 Å². The third-order valence-electron chi connectivity index (χ3n) is 7.97. The summed E-state index contributed by atoms with van der Waals surface area (Å²) in [5.74, 6) is -0.666. The number of aromatic nitrogens is 2. The van der Waals surface area contributed by atoms with Crippen LogP contribution in [0.25, 0.3) is 17.2 Å². The fourth-order valence-corrected chi connectivity index (χ4v) is 5.81. The molecule has 0 spiro atoms. The van der Waals surface area contributed by atoms with Crippen LogP contribution in [0.4, 0.5) is 10.1 Å².